The van der Waals surface area contributed by atoms with Crippen LogP contribution < -0.4 is 0 Å². The van der Waals surface area contributed by atoms with Crippen LogP contribution in [0.15, 0.2) is 0 Å². The molecule has 1 unspecified atom stereocenters. The van der Waals surface area contributed by atoms with Crippen molar-refractivity contribution in [2.45, 2.75) is 26.4 Å². The largest absolute Gasteiger partial charge is 0.469 e. The highest BCUT2D eigenvalue weighted by Crippen LogP contribution is 2.17. The number of carbonyl (C=O) groups is 2. The van der Waals surface area contributed by atoms with E-state index in [9.17, 15) is 9.59 Å². The van der Waals surface area contributed by atoms with Crippen LogP contribution in [-0.4, -0.2) is 49.7 Å². The number of methoxy groups -OCH3 is 1. The average Bonchev–Trinajstić information content (AvgIpc) is 2.63. The van der Waals surface area contributed by atoms with Crippen LogP contribution in [0.1, 0.15) is 20.3 Å². The Kier molecular flexibility index (Phi) is 4.73. The molecule has 0 saturated carbocycles. The molecule has 0 amide bonds. The maximum absolute atomic E-state index is 11.4. The Morgan fingerprint density at radius 1 is 1.44 bits per heavy atom. The number of hydrogen-bond acceptors (Lipinski definition) is 5. The number of nitrogens with zero attached hydrogens (tertiary/aromatic N) is 1. The highest BCUT2D eigenvalue weighted by molar-refractivity contribution is 5.74. The van der Waals surface area contributed by atoms with Crippen molar-refractivity contribution in [1.82, 2.24) is 4.90 Å². The summed E-state index contributed by atoms with van der Waals surface area (Å²) in [5.41, 5.74) is 0. The van der Waals surface area contributed by atoms with Crippen molar-refractivity contribution in [3.63, 3.8) is 0 Å². The lowest BCUT2D eigenvalue weighted by molar-refractivity contribution is -0.149. The number of hydrogen-bond donors (Lipinski definition) is 0. The van der Waals surface area contributed by atoms with Gasteiger partial charge in [-0.3, -0.25) is 14.5 Å². The summed E-state index contributed by atoms with van der Waals surface area (Å²) in [4.78, 5) is 24.6. The molecule has 1 saturated heterocycles. The normalized spacial score (nSPS) is 21.1. The van der Waals surface area contributed by atoms with Crippen molar-refractivity contribution in [3.05, 3.63) is 0 Å². The smallest absolute Gasteiger partial charge is 0.320 e. The van der Waals surface area contributed by atoms with Gasteiger partial charge in [-0.1, -0.05) is 0 Å². The second kappa shape index (κ2) is 5.84. The third kappa shape index (κ3) is 3.81. The molecule has 1 aliphatic heterocycles. The zero-order valence-electron chi connectivity index (χ0n) is 10.1. The van der Waals surface area contributed by atoms with Crippen LogP contribution in [0.25, 0.3) is 0 Å². The van der Waals surface area contributed by atoms with Gasteiger partial charge in [0.1, 0.15) is 0 Å². The minimum Gasteiger partial charge on any atom is -0.469 e. The van der Waals surface area contributed by atoms with Crippen LogP contribution in [0.4, 0.5) is 0 Å². The first-order valence-corrected chi connectivity index (χ1v) is 5.52. The molecule has 0 radical (unpaired) electrons. The number of rotatable bonds is 4. The summed E-state index contributed by atoms with van der Waals surface area (Å²) >= 11 is 0. The van der Waals surface area contributed by atoms with Crippen LogP contribution >= 0.6 is 0 Å². The Bertz CT molecular complexity index is 265. The third-order valence-corrected chi connectivity index (χ3v) is 2.53. The summed E-state index contributed by atoms with van der Waals surface area (Å²) < 4.78 is 9.71. The van der Waals surface area contributed by atoms with Gasteiger partial charge in [0.2, 0.25) is 0 Å². The number of esters is 2. The Hall–Kier alpha value is -1.10. The van der Waals surface area contributed by atoms with Crippen LogP contribution in [0.5, 0.6) is 0 Å². The predicted octanol–water partition coefficient (Wildman–Crippen LogP) is 0.433. The summed E-state index contributed by atoms with van der Waals surface area (Å²) in [5, 5.41) is 0. The van der Waals surface area contributed by atoms with Gasteiger partial charge in [-0.2, -0.15) is 0 Å². The van der Waals surface area contributed by atoms with Crippen molar-refractivity contribution in [2.75, 3.05) is 26.7 Å². The molecule has 92 valence electrons. The average molecular weight is 229 g/mol. The minimum absolute atomic E-state index is 0.0912. The van der Waals surface area contributed by atoms with E-state index in [0.717, 1.165) is 13.0 Å². The molecule has 0 bridgehead atoms. The molecule has 1 atom stereocenters. The predicted molar refractivity (Wildman–Crippen MR) is 57.8 cm³/mol. The first-order valence-electron chi connectivity index (χ1n) is 5.52. The van der Waals surface area contributed by atoms with Gasteiger partial charge in [-0.15, -0.1) is 0 Å². The molecule has 1 aliphatic rings. The molecular weight excluding hydrogens is 210 g/mol. The molecule has 16 heavy (non-hydrogen) atoms. The molecule has 5 nitrogen and oxygen atoms in total. The minimum atomic E-state index is -0.236. The Morgan fingerprint density at radius 3 is 2.69 bits per heavy atom. The van der Waals surface area contributed by atoms with E-state index in [-0.39, 0.29) is 30.5 Å². The fourth-order valence-corrected chi connectivity index (χ4v) is 1.82. The second-order valence-corrected chi connectivity index (χ2v) is 4.28. The van der Waals surface area contributed by atoms with Gasteiger partial charge in [0.15, 0.2) is 0 Å². The summed E-state index contributed by atoms with van der Waals surface area (Å²) in [6.07, 6.45) is 0.660. The van der Waals surface area contributed by atoms with E-state index >= 15 is 0 Å². The first kappa shape index (κ1) is 13.0. The van der Waals surface area contributed by atoms with E-state index in [1.54, 1.807) is 0 Å². The Labute approximate surface area is 95.7 Å². The Morgan fingerprint density at radius 2 is 2.12 bits per heavy atom. The summed E-state index contributed by atoms with van der Waals surface area (Å²) in [5.74, 6) is -0.530. The maximum Gasteiger partial charge on any atom is 0.320 e. The van der Waals surface area contributed by atoms with Crippen molar-refractivity contribution < 1.29 is 19.1 Å². The first-order chi connectivity index (χ1) is 7.52. The molecule has 1 rings (SSSR count). The van der Waals surface area contributed by atoms with Crippen molar-refractivity contribution in [1.29, 1.82) is 0 Å². The lowest BCUT2D eigenvalue weighted by Gasteiger charge is -2.15. The van der Waals surface area contributed by atoms with E-state index in [4.69, 9.17) is 4.74 Å². The number of likely N-dealkylation sites (tertiary alicyclic amines) is 1. The molecule has 0 aromatic carbocycles. The van der Waals surface area contributed by atoms with Crippen LogP contribution in [-0.2, 0) is 19.1 Å². The molecule has 0 spiro atoms. The molecule has 1 fully saturated rings. The van der Waals surface area contributed by atoms with Gasteiger partial charge in [0, 0.05) is 6.54 Å². The van der Waals surface area contributed by atoms with E-state index in [1.165, 1.54) is 7.11 Å². The maximum atomic E-state index is 11.4. The topological polar surface area (TPSA) is 55.8 Å². The van der Waals surface area contributed by atoms with E-state index < -0.39 is 0 Å². The molecule has 0 N–H and O–H groups in total. The molecule has 5 heteroatoms. The van der Waals surface area contributed by atoms with Crippen LogP contribution in [0.2, 0.25) is 0 Å². The molecule has 0 aliphatic carbocycles. The fourth-order valence-electron chi connectivity index (χ4n) is 1.82. The Balaban J connectivity index is 2.31. The number of carbonyl (C=O) groups excluding carboxylic acids is 2. The van der Waals surface area contributed by atoms with Crippen molar-refractivity contribution in [3.8, 4) is 0 Å². The van der Waals surface area contributed by atoms with Gasteiger partial charge in [-0.05, 0) is 26.8 Å². The summed E-state index contributed by atoms with van der Waals surface area (Å²) in [6, 6.07) is 0. The highest BCUT2D eigenvalue weighted by Gasteiger charge is 2.30. The number of ether oxygens (including phenoxy) is 2. The summed E-state index contributed by atoms with van der Waals surface area (Å²) in [7, 11) is 1.39. The van der Waals surface area contributed by atoms with E-state index in [2.05, 4.69) is 4.74 Å². The van der Waals surface area contributed by atoms with Gasteiger partial charge in [0.25, 0.3) is 0 Å². The van der Waals surface area contributed by atoms with Crippen molar-refractivity contribution in [2.24, 2.45) is 5.92 Å². The zero-order chi connectivity index (χ0) is 12.1. The lowest BCUT2D eigenvalue weighted by atomic mass is 10.1. The van der Waals surface area contributed by atoms with Crippen LogP contribution in [0.3, 0.4) is 0 Å². The van der Waals surface area contributed by atoms with Gasteiger partial charge < -0.3 is 9.47 Å². The molecule has 0 aromatic heterocycles. The van der Waals surface area contributed by atoms with E-state index in [1.807, 2.05) is 18.7 Å². The van der Waals surface area contributed by atoms with Gasteiger partial charge in [-0.25, -0.2) is 0 Å². The van der Waals surface area contributed by atoms with E-state index in [0.29, 0.717) is 6.54 Å². The fraction of sp³-hybridized carbons (Fsp3) is 0.818. The van der Waals surface area contributed by atoms with Crippen molar-refractivity contribution >= 4 is 11.9 Å². The zero-order valence-corrected chi connectivity index (χ0v) is 10.1. The highest BCUT2D eigenvalue weighted by atomic mass is 16.5. The van der Waals surface area contributed by atoms with Gasteiger partial charge >= 0.3 is 11.9 Å². The SMILES string of the molecule is COC(=O)C1CCN(CC(=O)OC(C)C)C1. The summed E-state index contributed by atoms with van der Waals surface area (Å²) in [6.45, 7) is 5.22. The third-order valence-electron chi connectivity index (χ3n) is 2.53. The second-order valence-electron chi connectivity index (χ2n) is 4.28. The monoisotopic (exact) mass is 229 g/mol. The molecule has 0 aromatic rings. The molecule has 1 heterocycles. The quantitative estimate of drug-likeness (QED) is 0.654. The van der Waals surface area contributed by atoms with Crippen LogP contribution in [0, 0.1) is 5.92 Å². The van der Waals surface area contributed by atoms with Gasteiger partial charge in [0.05, 0.1) is 25.7 Å². The standard InChI is InChI=1S/C11H19NO4/c1-8(2)16-10(13)7-12-5-4-9(6-12)11(14)15-3/h8-9H,4-7H2,1-3H3. The lowest BCUT2D eigenvalue weighted by Crippen LogP contribution is -2.31. The molecular formula is C11H19NO4.